The number of para-hydroxylation sites is 1. The van der Waals surface area contributed by atoms with Crippen LogP contribution in [0.2, 0.25) is 0 Å². The van der Waals surface area contributed by atoms with E-state index >= 15 is 0 Å². The van der Waals surface area contributed by atoms with Gasteiger partial charge >= 0.3 is 0 Å². The maximum Gasteiger partial charge on any atom is 0.124 e. The van der Waals surface area contributed by atoms with Gasteiger partial charge in [-0.1, -0.05) is 18.2 Å². The number of hydrogen-bond acceptors (Lipinski definition) is 3. The van der Waals surface area contributed by atoms with E-state index < -0.39 is 0 Å². The van der Waals surface area contributed by atoms with E-state index in [0.717, 1.165) is 31.0 Å². The van der Waals surface area contributed by atoms with Crippen molar-refractivity contribution in [1.82, 2.24) is 5.32 Å². The molecule has 0 spiro atoms. The third kappa shape index (κ3) is 2.97. The summed E-state index contributed by atoms with van der Waals surface area (Å²) in [5.41, 5.74) is 1.12. The molecule has 0 bridgehead atoms. The molecule has 3 nitrogen and oxygen atoms in total. The van der Waals surface area contributed by atoms with E-state index in [1.54, 1.807) is 7.11 Å². The summed E-state index contributed by atoms with van der Waals surface area (Å²) in [5.74, 6) is 1.58. The number of nitrogens with one attached hydrogen (secondary N) is 1. The smallest absolute Gasteiger partial charge is 0.124 e. The summed E-state index contributed by atoms with van der Waals surface area (Å²) in [7, 11) is 1.69. The maximum atomic E-state index is 5.73. The monoisotopic (exact) mass is 221 g/mol. The Kier molecular flexibility index (Phi) is 4.19. The Morgan fingerprint density at radius 2 is 2.25 bits per heavy atom. The average molecular weight is 221 g/mol. The van der Waals surface area contributed by atoms with E-state index in [9.17, 15) is 0 Å². The van der Waals surface area contributed by atoms with Crippen LogP contribution in [0.3, 0.4) is 0 Å². The van der Waals surface area contributed by atoms with Crippen molar-refractivity contribution in [2.24, 2.45) is 5.92 Å². The summed E-state index contributed by atoms with van der Waals surface area (Å²) < 4.78 is 11.0. The number of benzene rings is 1. The van der Waals surface area contributed by atoms with Crippen LogP contribution >= 0.6 is 0 Å². The number of rotatable bonds is 5. The molecule has 0 unspecified atom stereocenters. The molecular formula is C13H19NO2. The Morgan fingerprint density at radius 1 is 1.38 bits per heavy atom. The Labute approximate surface area is 96.8 Å². The molecule has 3 heteroatoms. The molecular weight excluding hydrogens is 202 g/mol. The van der Waals surface area contributed by atoms with Gasteiger partial charge in [-0.3, -0.25) is 0 Å². The van der Waals surface area contributed by atoms with Gasteiger partial charge < -0.3 is 14.8 Å². The molecule has 88 valence electrons. The molecule has 0 amide bonds. The lowest BCUT2D eigenvalue weighted by Gasteiger charge is -2.11. The molecule has 0 radical (unpaired) electrons. The van der Waals surface area contributed by atoms with E-state index in [-0.39, 0.29) is 0 Å². The Bertz CT molecular complexity index is 321. The second-order valence-electron chi connectivity index (χ2n) is 4.19. The van der Waals surface area contributed by atoms with Crippen molar-refractivity contribution < 1.29 is 9.47 Å². The highest BCUT2D eigenvalue weighted by Gasteiger charge is 2.14. The third-order valence-electron chi connectivity index (χ3n) is 2.97. The van der Waals surface area contributed by atoms with Crippen LogP contribution in [0.25, 0.3) is 0 Å². The minimum atomic E-state index is 0.639. The molecule has 0 aromatic heterocycles. The fourth-order valence-corrected chi connectivity index (χ4v) is 2.01. The minimum absolute atomic E-state index is 0.639. The van der Waals surface area contributed by atoms with Crippen LogP contribution < -0.4 is 10.1 Å². The molecule has 1 N–H and O–H groups in total. The number of methoxy groups -OCH3 is 1. The molecule has 1 aromatic rings. The zero-order valence-corrected chi connectivity index (χ0v) is 9.74. The molecule has 1 aliphatic heterocycles. The molecule has 1 atom stereocenters. The van der Waals surface area contributed by atoms with Crippen molar-refractivity contribution in [2.45, 2.75) is 13.0 Å². The lowest BCUT2D eigenvalue weighted by Crippen LogP contribution is -2.13. The first-order chi connectivity index (χ1) is 7.90. The Hall–Kier alpha value is -1.06. The lowest BCUT2D eigenvalue weighted by molar-refractivity contribution is 0.0910. The molecule has 1 fully saturated rings. The van der Waals surface area contributed by atoms with Gasteiger partial charge in [-0.25, -0.2) is 0 Å². The second kappa shape index (κ2) is 5.87. The van der Waals surface area contributed by atoms with E-state index in [2.05, 4.69) is 5.32 Å². The Morgan fingerprint density at radius 3 is 3.00 bits per heavy atom. The highest BCUT2D eigenvalue weighted by atomic mass is 16.5. The van der Waals surface area contributed by atoms with Crippen molar-refractivity contribution in [2.75, 3.05) is 26.8 Å². The first-order valence-electron chi connectivity index (χ1n) is 5.80. The standard InChI is InChI=1S/C13H19NO2/c1-15-13-5-3-2-4-12(13)10-16-9-11-6-7-14-8-11/h2-5,11,14H,6-10H2,1H3/t11-/m0/s1. The van der Waals surface area contributed by atoms with Crippen molar-refractivity contribution in [1.29, 1.82) is 0 Å². The predicted octanol–water partition coefficient (Wildman–Crippen LogP) is 1.82. The first-order valence-corrected chi connectivity index (χ1v) is 5.80. The molecule has 1 heterocycles. The molecule has 0 saturated carbocycles. The number of hydrogen-bond donors (Lipinski definition) is 1. The van der Waals surface area contributed by atoms with Crippen molar-refractivity contribution >= 4 is 0 Å². The average Bonchev–Trinajstić information content (AvgIpc) is 2.83. The van der Waals surface area contributed by atoms with Crippen LogP contribution in [0.1, 0.15) is 12.0 Å². The van der Waals surface area contributed by atoms with Crippen LogP contribution in [-0.2, 0) is 11.3 Å². The summed E-state index contributed by atoms with van der Waals surface area (Å²) in [6.07, 6.45) is 1.23. The van der Waals surface area contributed by atoms with Crippen LogP contribution in [0.15, 0.2) is 24.3 Å². The van der Waals surface area contributed by atoms with E-state index in [0.29, 0.717) is 12.5 Å². The third-order valence-corrected chi connectivity index (χ3v) is 2.97. The van der Waals surface area contributed by atoms with E-state index in [1.807, 2.05) is 24.3 Å². The molecule has 16 heavy (non-hydrogen) atoms. The van der Waals surface area contributed by atoms with Crippen LogP contribution in [0.5, 0.6) is 5.75 Å². The quantitative estimate of drug-likeness (QED) is 0.822. The van der Waals surface area contributed by atoms with Gasteiger partial charge in [-0.15, -0.1) is 0 Å². The van der Waals surface area contributed by atoms with Gasteiger partial charge in [0.2, 0.25) is 0 Å². The van der Waals surface area contributed by atoms with Gasteiger partial charge in [-0.2, -0.15) is 0 Å². The normalized spacial score (nSPS) is 19.9. The van der Waals surface area contributed by atoms with Crippen molar-refractivity contribution in [3.63, 3.8) is 0 Å². The maximum absolute atomic E-state index is 5.73. The van der Waals surface area contributed by atoms with Crippen LogP contribution in [-0.4, -0.2) is 26.8 Å². The second-order valence-corrected chi connectivity index (χ2v) is 4.19. The van der Waals surface area contributed by atoms with Crippen molar-refractivity contribution in [3.8, 4) is 5.75 Å². The minimum Gasteiger partial charge on any atom is -0.496 e. The van der Waals surface area contributed by atoms with Gasteiger partial charge in [0.05, 0.1) is 20.3 Å². The van der Waals surface area contributed by atoms with Gasteiger partial charge in [0.1, 0.15) is 5.75 Å². The van der Waals surface area contributed by atoms with Gasteiger partial charge in [0.15, 0.2) is 0 Å². The van der Waals surface area contributed by atoms with Crippen LogP contribution in [0, 0.1) is 5.92 Å². The van der Waals surface area contributed by atoms with Crippen LogP contribution in [0.4, 0.5) is 0 Å². The highest BCUT2D eigenvalue weighted by molar-refractivity contribution is 5.32. The zero-order chi connectivity index (χ0) is 11.2. The highest BCUT2D eigenvalue weighted by Crippen LogP contribution is 2.18. The first kappa shape index (κ1) is 11.4. The van der Waals surface area contributed by atoms with E-state index in [4.69, 9.17) is 9.47 Å². The molecule has 1 saturated heterocycles. The predicted molar refractivity (Wildman–Crippen MR) is 63.6 cm³/mol. The summed E-state index contributed by atoms with van der Waals surface area (Å²) in [5, 5.41) is 3.34. The van der Waals surface area contributed by atoms with Crippen molar-refractivity contribution in [3.05, 3.63) is 29.8 Å². The topological polar surface area (TPSA) is 30.5 Å². The SMILES string of the molecule is COc1ccccc1COC[C@H]1CCNC1. The van der Waals surface area contributed by atoms with Gasteiger partial charge in [-0.05, 0) is 24.9 Å². The lowest BCUT2D eigenvalue weighted by atomic mass is 10.1. The Balaban J connectivity index is 1.79. The molecule has 0 aliphatic carbocycles. The molecule has 2 rings (SSSR count). The van der Waals surface area contributed by atoms with E-state index in [1.165, 1.54) is 6.42 Å². The molecule has 1 aliphatic rings. The van der Waals surface area contributed by atoms with Gasteiger partial charge in [0.25, 0.3) is 0 Å². The largest absolute Gasteiger partial charge is 0.496 e. The number of ether oxygens (including phenoxy) is 2. The fourth-order valence-electron chi connectivity index (χ4n) is 2.01. The fraction of sp³-hybridized carbons (Fsp3) is 0.538. The summed E-state index contributed by atoms with van der Waals surface area (Å²) >= 11 is 0. The van der Waals surface area contributed by atoms with Gasteiger partial charge in [0, 0.05) is 12.1 Å². The molecule has 1 aromatic carbocycles. The summed E-state index contributed by atoms with van der Waals surface area (Å²) in [6.45, 7) is 3.69. The summed E-state index contributed by atoms with van der Waals surface area (Å²) in [4.78, 5) is 0. The summed E-state index contributed by atoms with van der Waals surface area (Å²) in [6, 6.07) is 8.00. The zero-order valence-electron chi connectivity index (χ0n) is 9.74.